The molecular formula is C11H9F2NO2. The van der Waals surface area contributed by atoms with Crippen molar-refractivity contribution in [2.24, 2.45) is 7.05 Å². The Morgan fingerprint density at radius 1 is 1.31 bits per heavy atom. The Hall–Kier alpha value is -1.91. The van der Waals surface area contributed by atoms with Gasteiger partial charge in [-0.05, 0) is 12.1 Å². The third-order valence-corrected chi connectivity index (χ3v) is 2.47. The van der Waals surface area contributed by atoms with Crippen molar-refractivity contribution in [3.63, 3.8) is 0 Å². The van der Waals surface area contributed by atoms with Gasteiger partial charge in [0.15, 0.2) is 0 Å². The van der Waals surface area contributed by atoms with Gasteiger partial charge in [-0.2, -0.15) is 0 Å². The van der Waals surface area contributed by atoms with E-state index in [9.17, 15) is 13.6 Å². The lowest BCUT2D eigenvalue weighted by atomic mass is 10.2. The van der Waals surface area contributed by atoms with Crippen LogP contribution in [-0.4, -0.2) is 17.6 Å². The topological polar surface area (TPSA) is 31.2 Å². The van der Waals surface area contributed by atoms with E-state index in [1.165, 1.54) is 23.8 Å². The second-order valence-corrected chi connectivity index (χ2v) is 3.40. The van der Waals surface area contributed by atoms with E-state index < -0.39 is 17.6 Å². The molecule has 0 spiro atoms. The van der Waals surface area contributed by atoms with Crippen LogP contribution >= 0.6 is 0 Å². The van der Waals surface area contributed by atoms with Crippen LogP contribution in [-0.2, 0) is 11.8 Å². The number of nitrogens with zero attached hydrogens (tertiary/aromatic N) is 1. The molecule has 0 atom stereocenters. The number of aromatic nitrogens is 1. The van der Waals surface area contributed by atoms with Crippen LogP contribution in [0.3, 0.4) is 0 Å². The van der Waals surface area contributed by atoms with E-state index in [4.69, 9.17) is 0 Å². The van der Waals surface area contributed by atoms with Gasteiger partial charge in [0.05, 0.1) is 12.6 Å². The maximum absolute atomic E-state index is 13.4. The molecule has 1 heterocycles. The van der Waals surface area contributed by atoms with Crippen LogP contribution in [0.2, 0.25) is 0 Å². The number of hydrogen-bond donors (Lipinski definition) is 0. The molecule has 0 aliphatic rings. The zero-order valence-electron chi connectivity index (χ0n) is 8.75. The van der Waals surface area contributed by atoms with E-state index in [0.29, 0.717) is 5.52 Å². The summed E-state index contributed by atoms with van der Waals surface area (Å²) >= 11 is 0. The van der Waals surface area contributed by atoms with Crippen LogP contribution in [0.1, 0.15) is 10.5 Å². The number of halogens is 2. The van der Waals surface area contributed by atoms with E-state index in [2.05, 4.69) is 4.74 Å². The minimum atomic E-state index is -0.694. The van der Waals surface area contributed by atoms with Crippen molar-refractivity contribution in [2.45, 2.75) is 0 Å². The highest BCUT2D eigenvalue weighted by Gasteiger charge is 2.16. The highest BCUT2D eigenvalue weighted by Crippen LogP contribution is 2.23. The van der Waals surface area contributed by atoms with Gasteiger partial charge >= 0.3 is 5.97 Å². The number of esters is 1. The van der Waals surface area contributed by atoms with Gasteiger partial charge in [-0.15, -0.1) is 0 Å². The fourth-order valence-electron chi connectivity index (χ4n) is 1.66. The summed E-state index contributed by atoms with van der Waals surface area (Å²) < 4.78 is 32.3. The van der Waals surface area contributed by atoms with Crippen LogP contribution in [0, 0.1) is 11.6 Å². The molecule has 0 N–H and O–H groups in total. The lowest BCUT2D eigenvalue weighted by Gasteiger charge is -2.01. The summed E-state index contributed by atoms with van der Waals surface area (Å²) in [5.41, 5.74) is 0.500. The van der Waals surface area contributed by atoms with Crippen LogP contribution < -0.4 is 0 Å². The third-order valence-electron chi connectivity index (χ3n) is 2.47. The summed E-state index contributed by atoms with van der Waals surface area (Å²) in [6.07, 6.45) is 0. The normalized spacial score (nSPS) is 10.8. The first kappa shape index (κ1) is 10.6. The number of methoxy groups -OCH3 is 1. The van der Waals surface area contributed by atoms with Gasteiger partial charge < -0.3 is 9.30 Å². The van der Waals surface area contributed by atoms with Crippen LogP contribution in [0.15, 0.2) is 18.2 Å². The Balaban J connectivity index is 2.77. The van der Waals surface area contributed by atoms with Gasteiger partial charge in [0.1, 0.15) is 17.3 Å². The predicted octanol–water partition coefficient (Wildman–Crippen LogP) is 2.24. The molecule has 0 radical (unpaired) electrons. The van der Waals surface area contributed by atoms with E-state index in [1.807, 2.05) is 0 Å². The number of hydrogen-bond acceptors (Lipinski definition) is 2. The molecule has 0 amide bonds. The first-order valence-corrected chi connectivity index (χ1v) is 4.57. The average molecular weight is 225 g/mol. The summed E-state index contributed by atoms with van der Waals surface area (Å²) in [5.74, 6) is -1.96. The highest BCUT2D eigenvalue weighted by atomic mass is 19.1. The molecule has 0 saturated carbocycles. The molecule has 2 aromatic rings. The first-order chi connectivity index (χ1) is 7.54. The molecule has 5 heteroatoms. The van der Waals surface area contributed by atoms with E-state index in [-0.39, 0.29) is 11.1 Å². The Kier molecular flexibility index (Phi) is 2.38. The fraction of sp³-hybridized carbons (Fsp3) is 0.182. The number of carbonyl (C=O) groups is 1. The molecule has 0 fully saturated rings. The van der Waals surface area contributed by atoms with Crippen molar-refractivity contribution >= 4 is 16.9 Å². The SMILES string of the molecule is COC(=O)c1cc2c(F)cc(F)cc2n1C. The van der Waals surface area contributed by atoms with Gasteiger partial charge in [0.2, 0.25) is 0 Å². The fourth-order valence-corrected chi connectivity index (χ4v) is 1.66. The maximum Gasteiger partial charge on any atom is 0.354 e. The zero-order valence-corrected chi connectivity index (χ0v) is 8.75. The van der Waals surface area contributed by atoms with Gasteiger partial charge in [0, 0.05) is 18.5 Å². The zero-order chi connectivity index (χ0) is 11.9. The smallest absolute Gasteiger partial charge is 0.354 e. The van der Waals surface area contributed by atoms with E-state index in [1.54, 1.807) is 7.05 Å². The van der Waals surface area contributed by atoms with Gasteiger partial charge in [-0.1, -0.05) is 0 Å². The minimum absolute atomic E-state index is 0.182. The second kappa shape index (κ2) is 3.59. The monoisotopic (exact) mass is 225 g/mol. The molecule has 0 bridgehead atoms. The standard InChI is InChI=1S/C11H9F2NO2/c1-14-9-4-6(12)3-8(13)7(9)5-10(14)11(15)16-2/h3-5H,1-2H3. The first-order valence-electron chi connectivity index (χ1n) is 4.57. The maximum atomic E-state index is 13.4. The molecule has 3 nitrogen and oxygen atoms in total. The number of carbonyl (C=O) groups excluding carboxylic acids is 1. The summed E-state index contributed by atoms with van der Waals surface area (Å²) in [4.78, 5) is 11.3. The molecule has 1 aromatic carbocycles. The number of ether oxygens (including phenoxy) is 1. The molecular weight excluding hydrogens is 216 g/mol. The van der Waals surface area contributed by atoms with Crippen LogP contribution in [0.25, 0.3) is 10.9 Å². The second-order valence-electron chi connectivity index (χ2n) is 3.40. The van der Waals surface area contributed by atoms with Gasteiger partial charge in [-0.3, -0.25) is 0 Å². The molecule has 0 unspecified atom stereocenters. The number of rotatable bonds is 1. The highest BCUT2D eigenvalue weighted by molar-refractivity contribution is 5.95. The van der Waals surface area contributed by atoms with E-state index in [0.717, 1.165) is 6.07 Å². The lowest BCUT2D eigenvalue weighted by molar-refractivity contribution is 0.0590. The van der Waals surface area contributed by atoms with Gasteiger partial charge in [-0.25, -0.2) is 13.6 Å². The molecule has 16 heavy (non-hydrogen) atoms. The van der Waals surface area contributed by atoms with Crippen molar-refractivity contribution < 1.29 is 18.3 Å². The van der Waals surface area contributed by atoms with Crippen molar-refractivity contribution in [1.82, 2.24) is 4.57 Å². The largest absolute Gasteiger partial charge is 0.464 e. The van der Waals surface area contributed by atoms with E-state index >= 15 is 0 Å². The Morgan fingerprint density at radius 2 is 2.00 bits per heavy atom. The summed E-state index contributed by atoms with van der Waals surface area (Å²) in [6, 6.07) is 3.30. The summed E-state index contributed by atoms with van der Waals surface area (Å²) in [5, 5.41) is 0.198. The average Bonchev–Trinajstić information content (AvgIpc) is 2.56. The Labute approximate surface area is 90.2 Å². The van der Waals surface area contributed by atoms with Crippen molar-refractivity contribution in [2.75, 3.05) is 7.11 Å². The Bertz CT molecular complexity index is 575. The quantitative estimate of drug-likeness (QED) is 0.697. The molecule has 0 aliphatic carbocycles. The third kappa shape index (κ3) is 1.44. The molecule has 0 saturated heterocycles. The predicted molar refractivity (Wildman–Crippen MR) is 54.2 cm³/mol. The summed E-state index contributed by atoms with van der Waals surface area (Å²) in [7, 11) is 2.78. The molecule has 1 aromatic heterocycles. The number of fused-ring (bicyclic) bond motifs is 1. The van der Waals surface area contributed by atoms with Crippen LogP contribution in [0.5, 0.6) is 0 Å². The van der Waals surface area contributed by atoms with Crippen LogP contribution in [0.4, 0.5) is 8.78 Å². The molecule has 84 valence electrons. The summed E-state index contributed by atoms with van der Waals surface area (Å²) in [6.45, 7) is 0. The number of aryl methyl sites for hydroxylation is 1. The van der Waals surface area contributed by atoms with Crippen molar-refractivity contribution in [3.05, 3.63) is 35.5 Å². The Morgan fingerprint density at radius 3 is 2.62 bits per heavy atom. The number of benzene rings is 1. The molecule has 0 aliphatic heterocycles. The van der Waals surface area contributed by atoms with Crippen molar-refractivity contribution in [3.8, 4) is 0 Å². The molecule has 2 rings (SSSR count). The van der Waals surface area contributed by atoms with Gasteiger partial charge in [0.25, 0.3) is 0 Å². The van der Waals surface area contributed by atoms with Crippen molar-refractivity contribution in [1.29, 1.82) is 0 Å². The lowest BCUT2D eigenvalue weighted by Crippen LogP contribution is -2.06. The minimum Gasteiger partial charge on any atom is -0.464 e.